The summed E-state index contributed by atoms with van der Waals surface area (Å²) in [6.45, 7) is 4.57. The van der Waals surface area contributed by atoms with Crippen molar-refractivity contribution in [1.29, 1.82) is 0 Å². The van der Waals surface area contributed by atoms with Crippen molar-refractivity contribution in [2.75, 3.05) is 17.2 Å². The smallest absolute Gasteiger partial charge is 0.340 e. The molecule has 1 atom stereocenters. The van der Waals surface area contributed by atoms with E-state index in [0.717, 1.165) is 50.8 Å². The molecule has 208 valence electrons. The van der Waals surface area contributed by atoms with Crippen LogP contribution in [0.2, 0.25) is 5.02 Å². The van der Waals surface area contributed by atoms with E-state index in [0.29, 0.717) is 28.7 Å². The molecule has 7 heteroatoms. The standard InChI is InChI=1S/C35H27ClN2O4/c1-3-40-26-8-6-7-24(18-26)37-25-15-16-29-33(19-25)41-32-17-21(2)31(38-23-13-11-22(36)12-14-23)20-30(32)35(29)28-10-5-4-9-27(28)34(39)42-35/h4-20,37-38H,3H2,1-2H3. The molecule has 0 radical (unpaired) electrons. The van der Waals surface area contributed by atoms with Crippen LogP contribution >= 0.6 is 11.6 Å². The van der Waals surface area contributed by atoms with Crippen molar-refractivity contribution in [2.45, 2.75) is 19.4 Å². The molecule has 0 fully saturated rings. The van der Waals surface area contributed by atoms with Gasteiger partial charge in [0.05, 0.1) is 12.2 Å². The van der Waals surface area contributed by atoms with Crippen molar-refractivity contribution in [3.8, 4) is 17.2 Å². The van der Waals surface area contributed by atoms with E-state index in [1.807, 2.05) is 117 Å². The van der Waals surface area contributed by atoms with Gasteiger partial charge in [-0.25, -0.2) is 4.79 Å². The molecular formula is C35H27ClN2O4. The molecule has 1 spiro atoms. The average Bonchev–Trinajstić information content (AvgIpc) is 3.28. The molecule has 5 aromatic rings. The first-order valence-corrected chi connectivity index (χ1v) is 14.2. The Kier molecular flexibility index (Phi) is 6.29. The third kappa shape index (κ3) is 4.32. The number of rotatable bonds is 6. The van der Waals surface area contributed by atoms with E-state index in [9.17, 15) is 4.79 Å². The van der Waals surface area contributed by atoms with E-state index in [1.54, 1.807) is 0 Å². The van der Waals surface area contributed by atoms with Crippen molar-refractivity contribution in [3.05, 3.63) is 136 Å². The lowest BCUT2D eigenvalue weighted by atomic mass is 9.77. The summed E-state index contributed by atoms with van der Waals surface area (Å²) in [5, 5.41) is 7.60. The highest BCUT2D eigenvalue weighted by Crippen LogP contribution is 2.57. The highest BCUT2D eigenvalue weighted by atomic mass is 35.5. The van der Waals surface area contributed by atoms with Crippen LogP contribution < -0.4 is 20.1 Å². The summed E-state index contributed by atoms with van der Waals surface area (Å²) in [4.78, 5) is 13.3. The molecule has 42 heavy (non-hydrogen) atoms. The van der Waals surface area contributed by atoms with Crippen LogP contribution in [0.5, 0.6) is 17.2 Å². The fraction of sp³-hybridized carbons (Fsp3) is 0.114. The number of carbonyl (C=O) groups is 1. The van der Waals surface area contributed by atoms with E-state index in [4.69, 9.17) is 25.8 Å². The molecule has 0 bridgehead atoms. The molecular weight excluding hydrogens is 548 g/mol. The van der Waals surface area contributed by atoms with E-state index >= 15 is 0 Å². The first-order chi connectivity index (χ1) is 20.4. The number of hydrogen-bond acceptors (Lipinski definition) is 6. The molecule has 0 amide bonds. The number of carbonyl (C=O) groups excluding carboxylic acids is 1. The number of nitrogens with one attached hydrogen (secondary N) is 2. The SMILES string of the molecule is CCOc1cccc(Nc2ccc3c(c2)Oc2cc(C)c(Nc4ccc(Cl)cc4)cc2C32OC(=O)c3ccccc32)c1. The Bertz CT molecular complexity index is 1850. The fourth-order valence-electron chi connectivity index (χ4n) is 5.72. The highest BCUT2D eigenvalue weighted by Gasteiger charge is 2.53. The van der Waals surface area contributed by atoms with Crippen molar-refractivity contribution in [2.24, 2.45) is 0 Å². The van der Waals surface area contributed by atoms with Crippen LogP contribution in [0.15, 0.2) is 103 Å². The largest absolute Gasteiger partial charge is 0.494 e. The minimum Gasteiger partial charge on any atom is -0.494 e. The molecule has 2 N–H and O–H groups in total. The fourth-order valence-corrected chi connectivity index (χ4v) is 5.84. The summed E-state index contributed by atoms with van der Waals surface area (Å²) >= 11 is 6.11. The Morgan fingerprint density at radius 2 is 1.52 bits per heavy atom. The lowest BCUT2D eigenvalue weighted by molar-refractivity contribution is 0.0224. The van der Waals surface area contributed by atoms with E-state index in [1.165, 1.54) is 0 Å². The highest BCUT2D eigenvalue weighted by molar-refractivity contribution is 6.30. The number of hydrogen-bond donors (Lipinski definition) is 2. The van der Waals surface area contributed by atoms with E-state index in [2.05, 4.69) is 10.6 Å². The van der Waals surface area contributed by atoms with Crippen molar-refractivity contribution >= 4 is 40.3 Å². The van der Waals surface area contributed by atoms with Gasteiger partial charge >= 0.3 is 5.97 Å². The second-order valence-electron chi connectivity index (χ2n) is 10.3. The minimum absolute atomic E-state index is 0.368. The molecule has 5 aromatic carbocycles. The van der Waals surface area contributed by atoms with Crippen LogP contribution in [0.1, 0.15) is 39.5 Å². The van der Waals surface area contributed by atoms with Gasteiger partial charge in [0, 0.05) is 56.6 Å². The monoisotopic (exact) mass is 574 g/mol. The van der Waals surface area contributed by atoms with Crippen LogP contribution in [0.3, 0.4) is 0 Å². The zero-order valence-electron chi connectivity index (χ0n) is 23.0. The third-order valence-electron chi connectivity index (χ3n) is 7.62. The normalized spacial score (nSPS) is 16.1. The van der Waals surface area contributed by atoms with Gasteiger partial charge < -0.3 is 24.8 Å². The molecule has 2 heterocycles. The molecule has 7 rings (SSSR count). The second kappa shape index (κ2) is 10.2. The molecule has 6 nitrogen and oxygen atoms in total. The molecule has 0 aliphatic carbocycles. The zero-order chi connectivity index (χ0) is 28.8. The number of ether oxygens (including phenoxy) is 3. The topological polar surface area (TPSA) is 68.8 Å². The van der Waals surface area contributed by atoms with Gasteiger partial charge in [-0.2, -0.15) is 0 Å². The maximum Gasteiger partial charge on any atom is 0.340 e. The molecule has 0 aromatic heterocycles. The lowest BCUT2D eigenvalue weighted by Crippen LogP contribution is -2.33. The van der Waals surface area contributed by atoms with Gasteiger partial charge in [0.2, 0.25) is 0 Å². The second-order valence-corrected chi connectivity index (χ2v) is 10.7. The summed E-state index contributed by atoms with van der Waals surface area (Å²) in [7, 11) is 0. The van der Waals surface area contributed by atoms with Crippen molar-refractivity contribution in [1.82, 2.24) is 0 Å². The Balaban J connectivity index is 1.35. The Morgan fingerprint density at radius 1 is 0.762 bits per heavy atom. The summed E-state index contributed by atoms with van der Waals surface area (Å²) in [5.41, 5.74) is 6.11. The van der Waals surface area contributed by atoms with Gasteiger partial charge in [-0.3, -0.25) is 0 Å². The van der Waals surface area contributed by atoms with Crippen LogP contribution in [-0.4, -0.2) is 12.6 Å². The third-order valence-corrected chi connectivity index (χ3v) is 7.87. The minimum atomic E-state index is -1.17. The number of aryl methyl sites for hydroxylation is 1. The summed E-state index contributed by atoms with van der Waals surface area (Å²) in [6.07, 6.45) is 0. The van der Waals surface area contributed by atoms with Crippen LogP contribution in [0.25, 0.3) is 0 Å². The number of halogens is 1. The van der Waals surface area contributed by atoms with Crippen LogP contribution in [-0.2, 0) is 10.3 Å². The summed E-state index contributed by atoms with van der Waals surface area (Å²) in [6, 6.07) is 32.8. The number of fused-ring (bicyclic) bond motifs is 6. The lowest BCUT2D eigenvalue weighted by Gasteiger charge is -2.37. The maximum absolute atomic E-state index is 13.3. The van der Waals surface area contributed by atoms with Crippen molar-refractivity contribution < 1.29 is 19.0 Å². The molecule has 2 aliphatic rings. The average molecular weight is 575 g/mol. The van der Waals surface area contributed by atoms with E-state index in [-0.39, 0.29) is 5.97 Å². The molecule has 2 aliphatic heterocycles. The first kappa shape index (κ1) is 26.0. The maximum atomic E-state index is 13.3. The predicted molar refractivity (Wildman–Crippen MR) is 165 cm³/mol. The quantitative estimate of drug-likeness (QED) is 0.197. The Labute approximate surface area is 248 Å². The van der Waals surface area contributed by atoms with Gasteiger partial charge in [0.25, 0.3) is 0 Å². The van der Waals surface area contributed by atoms with Crippen molar-refractivity contribution in [3.63, 3.8) is 0 Å². The zero-order valence-corrected chi connectivity index (χ0v) is 23.8. The summed E-state index contributed by atoms with van der Waals surface area (Å²) in [5.74, 6) is 1.65. The molecule has 1 unspecified atom stereocenters. The number of esters is 1. The van der Waals surface area contributed by atoms with Gasteiger partial charge in [0.15, 0.2) is 5.60 Å². The molecule has 0 saturated heterocycles. The Morgan fingerprint density at radius 3 is 2.36 bits per heavy atom. The van der Waals surface area contributed by atoms with E-state index < -0.39 is 5.60 Å². The Hall–Kier alpha value is -4.94. The number of benzene rings is 5. The molecule has 0 saturated carbocycles. The van der Waals surface area contributed by atoms with Gasteiger partial charge in [-0.1, -0.05) is 35.9 Å². The number of anilines is 4. The predicted octanol–water partition coefficient (Wildman–Crippen LogP) is 9.10. The van der Waals surface area contributed by atoms with Gasteiger partial charge in [-0.15, -0.1) is 0 Å². The summed E-state index contributed by atoms with van der Waals surface area (Å²) < 4.78 is 18.6. The van der Waals surface area contributed by atoms with Crippen LogP contribution in [0.4, 0.5) is 22.7 Å². The first-order valence-electron chi connectivity index (χ1n) is 13.8. The van der Waals surface area contributed by atoms with Crippen LogP contribution in [0, 0.1) is 6.92 Å². The van der Waals surface area contributed by atoms with Gasteiger partial charge in [0.1, 0.15) is 17.2 Å². The van der Waals surface area contributed by atoms with Gasteiger partial charge in [-0.05, 0) is 86.1 Å².